The molecule has 0 radical (unpaired) electrons. The van der Waals surface area contributed by atoms with Crippen LogP contribution in [0.15, 0.2) is 24.3 Å². The largest absolute Gasteiger partial charge is 0.339 e. The number of amides is 2. The Labute approximate surface area is 136 Å². The number of carbonyl (C=O) groups is 2. The molecule has 1 aliphatic rings. The zero-order valence-corrected chi connectivity index (χ0v) is 14.0. The maximum Gasteiger partial charge on any atom is 0.255 e. The third-order valence-corrected chi connectivity index (χ3v) is 5.28. The van der Waals surface area contributed by atoms with Gasteiger partial charge in [0.2, 0.25) is 15.9 Å². The van der Waals surface area contributed by atoms with E-state index in [4.69, 9.17) is 5.14 Å². The second kappa shape index (κ2) is 6.67. The number of nitrogens with two attached hydrogens (primary N) is 1. The summed E-state index contributed by atoms with van der Waals surface area (Å²) in [5.74, 6) is -0.527. The lowest BCUT2D eigenvalue weighted by Crippen LogP contribution is -2.35. The molecule has 7 nitrogen and oxygen atoms in total. The molecule has 1 aromatic carbocycles. The van der Waals surface area contributed by atoms with Crippen LogP contribution in [0.1, 0.15) is 30.6 Å². The molecule has 1 fully saturated rings. The van der Waals surface area contributed by atoms with E-state index in [1.165, 1.54) is 4.90 Å². The van der Waals surface area contributed by atoms with Gasteiger partial charge in [-0.25, -0.2) is 13.6 Å². The van der Waals surface area contributed by atoms with E-state index in [9.17, 15) is 18.0 Å². The molecule has 2 amide bonds. The van der Waals surface area contributed by atoms with E-state index in [-0.39, 0.29) is 24.8 Å². The predicted molar refractivity (Wildman–Crippen MR) is 87.6 cm³/mol. The molecule has 1 aromatic rings. The highest BCUT2D eigenvalue weighted by Gasteiger charge is 2.38. The standard InChI is InChI=1S/C15H21N3O4S/c1-3-17(4-2)15(20)12-7-5-6-8-13(12)18-10-11(9-14(18)19)23(16,21)22/h5-8,11H,3-4,9-10H2,1-2H3,(H2,16,21,22). The summed E-state index contributed by atoms with van der Waals surface area (Å²) in [7, 11) is -3.79. The van der Waals surface area contributed by atoms with Gasteiger partial charge < -0.3 is 9.80 Å². The van der Waals surface area contributed by atoms with Crippen molar-refractivity contribution >= 4 is 27.5 Å². The average Bonchev–Trinajstić information content (AvgIpc) is 2.90. The molecular weight excluding hydrogens is 318 g/mol. The van der Waals surface area contributed by atoms with Crippen molar-refractivity contribution in [2.45, 2.75) is 25.5 Å². The highest BCUT2D eigenvalue weighted by molar-refractivity contribution is 7.89. The number of carbonyl (C=O) groups excluding carboxylic acids is 2. The molecule has 2 N–H and O–H groups in total. The SMILES string of the molecule is CCN(CC)C(=O)c1ccccc1N1CC(S(N)(=O)=O)CC1=O. The van der Waals surface area contributed by atoms with E-state index in [0.29, 0.717) is 24.3 Å². The normalized spacial score (nSPS) is 18.3. The minimum absolute atomic E-state index is 0.0276. The Morgan fingerprint density at radius 2 is 1.91 bits per heavy atom. The first-order valence-electron chi connectivity index (χ1n) is 7.49. The van der Waals surface area contributed by atoms with Gasteiger partial charge in [-0.1, -0.05) is 12.1 Å². The molecule has 23 heavy (non-hydrogen) atoms. The number of nitrogens with zero attached hydrogens (tertiary/aromatic N) is 2. The van der Waals surface area contributed by atoms with Gasteiger partial charge >= 0.3 is 0 Å². The molecule has 1 unspecified atom stereocenters. The van der Waals surface area contributed by atoms with Gasteiger partial charge in [0, 0.05) is 26.1 Å². The molecule has 1 atom stereocenters. The van der Waals surface area contributed by atoms with Gasteiger partial charge in [0.05, 0.1) is 11.3 Å². The Morgan fingerprint density at radius 3 is 2.43 bits per heavy atom. The van der Waals surface area contributed by atoms with E-state index in [1.54, 1.807) is 29.2 Å². The van der Waals surface area contributed by atoms with Crippen molar-refractivity contribution in [1.29, 1.82) is 0 Å². The second-order valence-corrected chi connectivity index (χ2v) is 7.26. The number of primary sulfonamides is 1. The number of hydrogen-bond acceptors (Lipinski definition) is 4. The lowest BCUT2D eigenvalue weighted by atomic mass is 10.1. The van der Waals surface area contributed by atoms with E-state index in [2.05, 4.69) is 0 Å². The van der Waals surface area contributed by atoms with Gasteiger partial charge in [-0.2, -0.15) is 0 Å². The first-order chi connectivity index (χ1) is 10.8. The summed E-state index contributed by atoms with van der Waals surface area (Å²) in [5.41, 5.74) is 0.820. The molecule has 1 saturated heterocycles. The fourth-order valence-corrected chi connectivity index (χ4v) is 3.43. The minimum atomic E-state index is -3.79. The van der Waals surface area contributed by atoms with E-state index in [1.807, 2.05) is 13.8 Å². The molecular formula is C15H21N3O4S. The van der Waals surface area contributed by atoms with Crippen LogP contribution in [-0.2, 0) is 14.8 Å². The van der Waals surface area contributed by atoms with E-state index < -0.39 is 15.3 Å². The summed E-state index contributed by atoms with van der Waals surface area (Å²) in [6.45, 7) is 4.83. The topological polar surface area (TPSA) is 101 Å². The van der Waals surface area contributed by atoms with Crippen LogP contribution in [0.3, 0.4) is 0 Å². The number of hydrogen-bond donors (Lipinski definition) is 1. The van der Waals surface area contributed by atoms with Crippen molar-refractivity contribution in [2.24, 2.45) is 5.14 Å². The molecule has 126 valence electrons. The van der Waals surface area contributed by atoms with Crippen LogP contribution in [0.4, 0.5) is 5.69 Å². The zero-order valence-electron chi connectivity index (χ0n) is 13.2. The Bertz CT molecular complexity index is 713. The fourth-order valence-electron chi connectivity index (χ4n) is 2.70. The van der Waals surface area contributed by atoms with Gasteiger partial charge in [0.15, 0.2) is 0 Å². The Hall–Kier alpha value is -1.93. The predicted octanol–water partition coefficient (Wildman–Crippen LogP) is 0.562. The smallest absolute Gasteiger partial charge is 0.255 e. The quantitative estimate of drug-likeness (QED) is 0.847. The molecule has 8 heteroatoms. The summed E-state index contributed by atoms with van der Waals surface area (Å²) in [5, 5.41) is 4.21. The molecule has 1 heterocycles. The van der Waals surface area contributed by atoms with Crippen molar-refractivity contribution < 1.29 is 18.0 Å². The van der Waals surface area contributed by atoms with E-state index in [0.717, 1.165) is 0 Å². The van der Waals surface area contributed by atoms with Crippen LogP contribution in [0.25, 0.3) is 0 Å². The van der Waals surface area contributed by atoms with Crippen molar-refractivity contribution in [1.82, 2.24) is 4.90 Å². The van der Waals surface area contributed by atoms with Gasteiger partial charge in [-0.15, -0.1) is 0 Å². The number of benzene rings is 1. The summed E-state index contributed by atoms with van der Waals surface area (Å²) in [6, 6.07) is 6.73. The molecule has 0 spiro atoms. The third-order valence-electron chi connectivity index (χ3n) is 4.03. The van der Waals surface area contributed by atoms with Crippen LogP contribution in [0, 0.1) is 0 Å². The summed E-state index contributed by atoms with van der Waals surface area (Å²) in [4.78, 5) is 27.8. The molecule has 0 aliphatic carbocycles. The van der Waals surface area contributed by atoms with Crippen LogP contribution in [0.5, 0.6) is 0 Å². The fraction of sp³-hybridized carbons (Fsp3) is 0.467. The lowest BCUT2D eigenvalue weighted by Gasteiger charge is -2.24. The van der Waals surface area contributed by atoms with E-state index >= 15 is 0 Å². The second-order valence-electron chi connectivity index (χ2n) is 5.41. The summed E-state index contributed by atoms with van der Waals surface area (Å²) >= 11 is 0. The average molecular weight is 339 g/mol. The molecule has 2 rings (SSSR count). The maximum absolute atomic E-state index is 12.6. The first-order valence-corrected chi connectivity index (χ1v) is 9.10. The molecule has 0 saturated carbocycles. The number of anilines is 1. The van der Waals surface area contributed by atoms with Crippen LogP contribution in [-0.4, -0.2) is 50.0 Å². The number of sulfonamides is 1. The Morgan fingerprint density at radius 1 is 1.30 bits per heavy atom. The van der Waals surface area contributed by atoms with Crippen molar-refractivity contribution in [3.05, 3.63) is 29.8 Å². The van der Waals surface area contributed by atoms with Gasteiger partial charge in [-0.3, -0.25) is 9.59 Å². The lowest BCUT2D eigenvalue weighted by molar-refractivity contribution is -0.117. The van der Waals surface area contributed by atoms with Crippen molar-refractivity contribution in [3.63, 3.8) is 0 Å². The van der Waals surface area contributed by atoms with Crippen LogP contribution >= 0.6 is 0 Å². The zero-order chi connectivity index (χ0) is 17.2. The third kappa shape index (κ3) is 3.53. The Kier molecular flexibility index (Phi) is 5.06. The van der Waals surface area contributed by atoms with Crippen molar-refractivity contribution in [3.8, 4) is 0 Å². The number of rotatable bonds is 5. The summed E-state index contributed by atoms with van der Waals surface area (Å²) < 4.78 is 23.0. The highest BCUT2D eigenvalue weighted by atomic mass is 32.2. The maximum atomic E-state index is 12.6. The van der Waals surface area contributed by atoms with Gasteiger partial charge in [0.25, 0.3) is 5.91 Å². The minimum Gasteiger partial charge on any atom is -0.339 e. The highest BCUT2D eigenvalue weighted by Crippen LogP contribution is 2.28. The summed E-state index contributed by atoms with van der Waals surface area (Å²) in [6.07, 6.45) is -0.160. The monoisotopic (exact) mass is 339 g/mol. The number of para-hydroxylation sites is 1. The molecule has 0 bridgehead atoms. The first kappa shape index (κ1) is 17.4. The molecule has 1 aliphatic heterocycles. The van der Waals surface area contributed by atoms with Gasteiger partial charge in [0.1, 0.15) is 5.25 Å². The molecule has 0 aromatic heterocycles. The van der Waals surface area contributed by atoms with Crippen molar-refractivity contribution in [2.75, 3.05) is 24.5 Å². The van der Waals surface area contributed by atoms with Crippen LogP contribution < -0.4 is 10.0 Å². The van der Waals surface area contributed by atoms with Gasteiger partial charge in [-0.05, 0) is 26.0 Å². The van der Waals surface area contributed by atoms with Crippen LogP contribution in [0.2, 0.25) is 0 Å². The Balaban J connectivity index is 2.38.